The number of alkyl halides is 2. The van der Waals surface area contributed by atoms with E-state index in [0.717, 1.165) is 12.8 Å². The van der Waals surface area contributed by atoms with Crippen LogP contribution in [0.15, 0.2) is 18.2 Å². The highest BCUT2D eigenvalue weighted by Crippen LogP contribution is 2.61. The number of rotatable bonds is 12. The molecule has 3 N–H and O–H groups in total. The summed E-state index contributed by atoms with van der Waals surface area (Å²) in [6.07, 6.45) is -1.91. The van der Waals surface area contributed by atoms with E-state index in [-0.39, 0.29) is 54.4 Å². The molecule has 11 heteroatoms. The van der Waals surface area contributed by atoms with Gasteiger partial charge in [0.25, 0.3) is 0 Å². The van der Waals surface area contributed by atoms with Crippen molar-refractivity contribution in [3.05, 3.63) is 23.8 Å². The van der Waals surface area contributed by atoms with Gasteiger partial charge in [-0.15, -0.1) is 8.78 Å². The summed E-state index contributed by atoms with van der Waals surface area (Å²) >= 11 is 0. The maximum atomic E-state index is 14.0. The highest BCUT2D eigenvalue weighted by Gasteiger charge is 2.57. The molecule has 2 bridgehead atoms. The standard InChI is InChI=1S/C32H48F2N2O7/c1-7-9-20(25(40-6)12-19-10-8-11-24-29(19)42-32(33,34)41-24)15-36-28(27(18(3)38)26(16-37)43-36)30(39)35-23-14-21-13-22(17(23)2)31(21,4)5/h8,10-11,17-18,20-23,25-28,37-38H,7,9,12-16H2,1-6H3,(H,35,39)/t17-,18-,20?,21+,22+,23-,25?,26-,27+,28-/m0/s1. The van der Waals surface area contributed by atoms with E-state index in [4.69, 9.17) is 14.3 Å². The van der Waals surface area contributed by atoms with Gasteiger partial charge in [0.2, 0.25) is 5.91 Å². The SMILES string of the molecule is CCCC(CN1O[C@@H](CO)[C@@H]([C@H](C)O)[C@H]1C(=O)N[C@H]1C[C@H]2C[C@H]([C@@H]1C)C2(C)C)C(Cc1cccc2c1OC(F)(F)O2)OC. The Morgan fingerprint density at radius 1 is 1.26 bits per heavy atom. The number of carbonyl (C=O) groups excluding carboxylic acids is 1. The minimum absolute atomic E-state index is 0.00295. The number of methoxy groups -OCH3 is 1. The topological polar surface area (TPSA) is 110 Å². The summed E-state index contributed by atoms with van der Waals surface area (Å²) in [7, 11) is 1.57. The van der Waals surface area contributed by atoms with Gasteiger partial charge in [0.1, 0.15) is 12.1 Å². The summed E-state index contributed by atoms with van der Waals surface area (Å²) in [5.41, 5.74) is 0.809. The molecule has 2 unspecified atom stereocenters. The normalized spacial score (nSPS) is 34.3. The number of nitrogens with zero attached hydrogens (tertiary/aromatic N) is 1. The van der Waals surface area contributed by atoms with Gasteiger partial charge in [-0.2, -0.15) is 5.06 Å². The first-order chi connectivity index (χ1) is 20.3. The number of aliphatic hydroxyl groups is 2. The number of hydroxylamine groups is 2. The summed E-state index contributed by atoms with van der Waals surface area (Å²) in [5, 5.41) is 25.9. The van der Waals surface area contributed by atoms with Crippen molar-refractivity contribution in [2.45, 2.75) is 103 Å². The monoisotopic (exact) mass is 610 g/mol. The van der Waals surface area contributed by atoms with Crippen LogP contribution in [0.25, 0.3) is 0 Å². The second-order valence-electron chi connectivity index (χ2n) is 13.7. The highest BCUT2D eigenvalue weighted by molar-refractivity contribution is 5.82. The number of halogens is 2. The van der Waals surface area contributed by atoms with Gasteiger partial charge in [0.15, 0.2) is 11.5 Å². The molecule has 43 heavy (non-hydrogen) atoms. The van der Waals surface area contributed by atoms with Gasteiger partial charge in [-0.1, -0.05) is 46.2 Å². The molecule has 6 rings (SSSR count). The Labute approximate surface area is 253 Å². The number of fused-ring (bicyclic) bond motifs is 3. The molecule has 9 nitrogen and oxygen atoms in total. The molecule has 3 saturated carbocycles. The second kappa shape index (κ2) is 12.4. The van der Waals surface area contributed by atoms with Crippen molar-refractivity contribution in [3.63, 3.8) is 0 Å². The largest absolute Gasteiger partial charge is 0.586 e. The Balaban J connectivity index is 1.35. The lowest BCUT2D eigenvalue weighted by Gasteiger charge is -2.62. The first-order valence-electron chi connectivity index (χ1n) is 15.7. The Morgan fingerprint density at radius 2 is 2.00 bits per heavy atom. The van der Waals surface area contributed by atoms with E-state index < -0.39 is 36.6 Å². The van der Waals surface area contributed by atoms with E-state index in [2.05, 4.69) is 30.8 Å². The number of benzene rings is 1. The van der Waals surface area contributed by atoms with Crippen LogP contribution in [0.3, 0.4) is 0 Å². The van der Waals surface area contributed by atoms with Crippen molar-refractivity contribution in [1.82, 2.24) is 10.4 Å². The van der Waals surface area contributed by atoms with E-state index in [0.29, 0.717) is 29.7 Å². The van der Waals surface area contributed by atoms with Gasteiger partial charge in [-0.05, 0) is 55.4 Å². The first kappa shape index (κ1) is 32.3. The molecule has 1 saturated heterocycles. The van der Waals surface area contributed by atoms with E-state index in [1.807, 2.05) is 6.92 Å². The maximum absolute atomic E-state index is 14.0. The number of carbonyl (C=O) groups is 1. The van der Waals surface area contributed by atoms with Crippen molar-refractivity contribution in [2.24, 2.45) is 35.0 Å². The predicted molar refractivity (Wildman–Crippen MR) is 154 cm³/mol. The summed E-state index contributed by atoms with van der Waals surface area (Å²) in [5.74, 6) is 0.407. The van der Waals surface area contributed by atoms with Crippen LogP contribution in [-0.2, 0) is 20.8 Å². The molecule has 1 amide bonds. The fourth-order valence-electron chi connectivity index (χ4n) is 8.35. The third kappa shape index (κ3) is 6.12. The Hall–Kier alpha value is -2.05. The molecule has 4 fully saturated rings. The van der Waals surface area contributed by atoms with Gasteiger partial charge >= 0.3 is 6.29 Å². The summed E-state index contributed by atoms with van der Waals surface area (Å²) in [6, 6.07) is 4.01. The molecular weight excluding hydrogens is 562 g/mol. The predicted octanol–water partition coefficient (Wildman–Crippen LogP) is 4.14. The molecule has 1 aromatic carbocycles. The average Bonchev–Trinajstić information content (AvgIpc) is 3.48. The van der Waals surface area contributed by atoms with Crippen molar-refractivity contribution in [1.29, 1.82) is 0 Å². The van der Waals surface area contributed by atoms with Crippen LogP contribution in [0.4, 0.5) is 8.78 Å². The van der Waals surface area contributed by atoms with Gasteiger partial charge in [-0.3, -0.25) is 9.63 Å². The van der Waals surface area contributed by atoms with E-state index >= 15 is 0 Å². The zero-order chi connectivity index (χ0) is 31.3. The van der Waals surface area contributed by atoms with E-state index in [1.54, 1.807) is 31.2 Å². The van der Waals surface area contributed by atoms with Crippen LogP contribution >= 0.6 is 0 Å². The zero-order valence-electron chi connectivity index (χ0n) is 26.1. The summed E-state index contributed by atoms with van der Waals surface area (Å²) in [4.78, 5) is 20.2. The summed E-state index contributed by atoms with van der Waals surface area (Å²) in [6.45, 7) is 10.4. The molecule has 2 heterocycles. The molecule has 5 aliphatic rings. The lowest BCUT2D eigenvalue weighted by molar-refractivity contribution is -0.287. The Morgan fingerprint density at radius 3 is 2.60 bits per heavy atom. The lowest BCUT2D eigenvalue weighted by atomic mass is 9.45. The van der Waals surface area contributed by atoms with Crippen LogP contribution in [0.5, 0.6) is 11.5 Å². The summed E-state index contributed by atoms with van der Waals surface area (Å²) < 4.78 is 43.1. The van der Waals surface area contributed by atoms with Crippen LogP contribution in [0, 0.1) is 35.0 Å². The highest BCUT2D eigenvalue weighted by atomic mass is 19.3. The molecule has 2 aliphatic heterocycles. The molecule has 10 atom stereocenters. The van der Waals surface area contributed by atoms with E-state index in [1.165, 1.54) is 12.5 Å². The third-order valence-electron chi connectivity index (χ3n) is 10.9. The molecule has 0 radical (unpaired) electrons. The fraction of sp³-hybridized carbons (Fsp3) is 0.781. The van der Waals surface area contributed by atoms with E-state index in [9.17, 15) is 23.8 Å². The van der Waals surface area contributed by atoms with Crippen LogP contribution in [0.2, 0.25) is 0 Å². The molecule has 242 valence electrons. The van der Waals surface area contributed by atoms with Crippen molar-refractivity contribution in [3.8, 4) is 11.5 Å². The number of nitrogens with one attached hydrogen (secondary N) is 1. The molecule has 3 aliphatic carbocycles. The van der Waals surface area contributed by atoms with Gasteiger partial charge in [0.05, 0.1) is 18.8 Å². The smallest absolute Gasteiger partial charge is 0.395 e. The van der Waals surface area contributed by atoms with Crippen molar-refractivity contribution in [2.75, 3.05) is 20.3 Å². The average molecular weight is 611 g/mol. The number of hydrogen-bond donors (Lipinski definition) is 3. The van der Waals surface area contributed by atoms with Gasteiger partial charge < -0.3 is 29.7 Å². The number of amides is 1. The molecular formula is C32H48F2N2O7. The third-order valence-corrected chi connectivity index (χ3v) is 10.9. The van der Waals surface area contributed by atoms with Gasteiger partial charge in [-0.25, -0.2) is 0 Å². The number of hydrogen-bond acceptors (Lipinski definition) is 8. The number of para-hydroxylation sites is 1. The number of aliphatic hydroxyl groups excluding tert-OH is 2. The lowest BCUT2D eigenvalue weighted by Crippen LogP contribution is -2.62. The quantitative estimate of drug-likeness (QED) is 0.324. The second-order valence-corrected chi connectivity index (χ2v) is 13.7. The first-order valence-corrected chi connectivity index (χ1v) is 15.7. The molecule has 0 spiro atoms. The van der Waals surface area contributed by atoms with Crippen LogP contribution in [-0.4, -0.2) is 78.1 Å². The van der Waals surface area contributed by atoms with Crippen molar-refractivity contribution >= 4 is 5.91 Å². The molecule has 0 aromatic heterocycles. The number of ether oxygens (including phenoxy) is 3. The maximum Gasteiger partial charge on any atom is 0.586 e. The fourth-order valence-corrected chi connectivity index (χ4v) is 8.35. The van der Waals surface area contributed by atoms with Gasteiger partial charge in [0, 0.05) is 43.5 Å². The Bertz CT molecular complexity index is 1150. The molecule has 1 aromatic rings. The minimum Gasteiger partial charge on any atom is -0.395 e. The van der Waals surface area contributed by atoms with Crippen molar-refractivity contribution < 1.29 is 42.8 Å². The zero-order valence-corrected chi connectivity index (χ0v) is 26.1. The minimum atomic E-state index is -3.73. The van der Waals surface area contributed by atoms with Crippen LogP contribution in [0.1, 0.15) is 65.9 Å². The Kier molecular flexibility index (Phi) is 9.32. The van der Waals surface area contributed by atoms with Crippen LogP contribution < -0.4 is 14.8 Å².